The molecule has 2 heterocycles. The van der Waals surface area contributed by atoms with Crippen LogP contribution >= 0.6 is 11.6 Å². The third-order valence-corrected chi connectivity index (χ3v) is 3.80. The second kappa shape index (κ2) is 5.76. The van der Waals surface area contributed by atoms with Crippen molar-refractivity contribution in [1.82, 2.24) is 14.8 Å². The van der Waals surface area contributed by atoms with Crippen LogP contribution in [-0.4, -0.2) is 14.8 Å². The Balaban J connectivity index is 2.74. The van der Waals surface area contributed by atoms with Crippen LogP contribution in [0.15, 0.2) is 17.1 Å². The average molecular weight is 328 g/mol. The molecule has 0 atom stereocenters. The van der Waals surface area contributed by atoms with Gasteiger partial charge in [0.1, 0.15) is 5.15 Å². The molecule has 2 aromatic rings. The van der Waals surface area contributed by atoms with Gasteiger partial charge in [-0.05, 0) is 37.5 Å². The zero-order chi connectivity index (χ0) is 16.7. The van der Waals surface area contributed by atoms with Crippen molar-refractivity contribution in [3.63, 3.8) is 0 Å². The number of hydrogen-bond donors (Lipinski definition) is 0. The summed E-state index contributed by atoms with van der Waals surface area (Å²) in [7, 11) is 0. The maximum Gasteiger partial charge on any atom is 0.276 e. The van der Waals surface area contributed by atoms with Gasteiger partial charge in [0.25, 0.3) is 11.5 Å². The molecule has 4 nitrogen and oxygen atoms in total. The molecule has 118 valence electrons. The van der Waals surface area contributed by atoms with Crippen molar-refractivity contribution in [2.24, 2.45) is 0 Å². The van der Waals surface area contributed by atoms with Crippen molar-refractivity contribution < 1.29 is 8.78 Å². The van der Waals surface area contributed by atoms with E-state index in [4.69, 9.17) is 11.6 Å². The van der Waals surface area contributed by atoms with Crippen molar-refractivity contribution in [3.05, 3.63) is 50.0 Å². The average Bonchev–Trinajstić information content (AvgIpc) is 2.42. The van der Waals surface area contributed by atoms with Crippen LogP contribution < -0.4 is 5.56 Å². The fraction of sp³-hybridized carbons (Fsp3) is 0.400. The lowest BCUT2D eigenvalue weighted by molar-refractivity contribution is 0.0158. The molecule has 0 fully saturated rings. The van der Waals surface area contributed by atoms with Gasteiger partial charge >= 0.3 is 0 Å². The van der Waals surface area contributed by atoms with Crippen LogP contribution in [0.2, 0.25) is 5.15 Å². The first kappa shape index (κ1) is 16.5. The lowest BCUT2D eigenvalue weighted by atomic mass is 10.0. The van der Waals surface area contributed by atoms with Crippen LogP contribution in [0.1, 0.15) is 36.1 Å². The summed E-state index contributed by atoms with van der Waals surface area (Å²) in [5.41, 5.74) is 0.530. The topological polar surface area (TPSA) is 47.8 Å². The third kappa shape index (κ3) is 2.88. The smallest absolute Gasteiger partial charge is 0.267 e. The zero-order valence-corrected chi connectivity index (χ0v) is 13.5. The maximum atomic E-state index is 13.6. The van der Waals surface area contributed by atoms with E-state index in [1.54, 1.807) is 26.8 Å². The highest BCUT2D eigenvalue weighted by molar-refractivity contribution is 6.30. The molecule has 0 spiro atoms. The summed E-state index contributed by atoms with van der Waals surface area (Å²) in [5, 5.41) is 4.11. The van der Waals surface area contributed by atoms with Gasteiger partial charge in [0, 0.05) is 18.1 Å². The number of nitrogens with zero attached hydrogens (tertiary/aromatic N) is 3. The van der Waals surface area contributed by atoms with E-state index in [-0.39, 0.29) is 28.5 Å². The van der Waals surface area contributed by atoms with Gasteiger partial charge < -0.3 is 0 Å². The molecule has 0 aliphatic heterocycles. The van der Waals surface area contributed by atoms with E-state index in [9.17, 15) is 13.6 Å². The Kier molecular flexibility index (Phi) is 4.33. The summed E-state index contributed by atoms with van der Waals surface area (Å²) in [6.07, 6.45) is 1.20. The quantitative estimate of drug-likeness (QED) is 0.810. The minimum Gasteiger partial charge on any atom is -0.267 e. The first-order chi connectivity index (χ1) is 10.2. The minimum absolute atomic E-state index is 0.0281. The van der Waals surface area contributed by atoms with E-state index < -0.39 is 11.5 Å². The Bertz CT molecular complexity index is 782. The molecule has 0 N–H and O–H groups in total. The fourth-order valence-corrected chi connectivity index (χ4v) is 2.43. The summed E-state index contributed by atoms with van der Waals surface area (Å²) in [4.78, 5) is 16.6. The van der Waals surface area contributed by atoms with Crippen LogP contribution in [0, 0.1) is 13.8 Å². The first-order valence-electron chi connectivity index (χ1n) is 6.80. The van der Waals surface area contributed by atoms with Crippen molar-refractivity contribution in [1.29, 1.82) is 0 Å². The van der Waals surface area contributed by atoms with E-state index >= 15 is 0 Å². The van der Waals surface area contributed by atoms with Gasteiger partial charge in [0.2, 0.25) is 0 Å². The van der Waals surface area contributed by atoms with Crippen molar-refractivity contribution in [2.75, 3.05) is 0 Å². The summed E-state index contributed by atoms with van der Waals surface area (Å²) in [6, 6.07) is 1.77. The molecule has 22 heavy (non-hydrogen) atoms. The predicted octanol–water partition coefficient (Wildman–Crippen LogP) is 3.57. The molecule has 0 aromatic carbocycles. The van der Waals surface area contributed by atoms with Crippen LogP contribution in [-0.2, 0) is 12.3 Å². The van der Waals surface area contributed by atoms with E-state index in [0.29, 0.717) is 5.56 Å². The van der Waals surface area contributed by atoms with Crippen LogP contribution in [0.5, 0.6) is 0 Å². The van der Waals surface area contributed by atoms with E-state index in [2.05, 4.69) is 10.1 Å². The van der Waals surface area contributed by atoms with E-state index in [0.717, 1.165) is 23.4 Å². The lowest BCUT2D eigenvalue weighted by Crippen LogP contribution is -2.30. The number of aryl methyl sites for hydroxylation is 2. The summed E-state index contributed by atoms with van der Waals surface area (Å²) in [6.45, 7) is 5.95. The highest BCUT2D eigenvalue weighted by atomic mass is 35.5. The molecular formula is C15H16ClF2N3O. The zero-order valence-electron chi connectivity index (χ0n) is 12.7. The van der Waals surface area contributed by atoms with Gasteiger partial charge in [0.15, 0.2) is 5.82 Å². The van der Waals surface area contributed by atoms with Gasteiger partial charge in [-0.1, -0.05) is 18.5 Å². The second-order valence-corrected chi connectivity index (χ2v) is 5.59. The normalized spacial score (nSPS) is 11.8. The number of halogens is 3. The SMILES string of the molecule is CCc1c(C(C)(F)F)cnn(-c2nc(Cl)c(C)cc2C)c1=O. The number of rotatable bonds is 3. The highest BCUT2D eigenvalue weighted by Gasteiger charge is 2.30. The maximum absolute atomic E-state index is 13.6. The number of pyridine rings is 1. The molecule has 0 bridgehead atoms. The molecule has 2 aromatic heterocycles. The largest absolute Gasteiger partial charge is 0.276 e. The molecule has 0 radical (unpaired) electrons. The van der Waals surface area contributed by atoms with Crippen molar-refractivity contribution >= 4 is 11.6 Å². The molecule has 2 rings (SSSR count). The molecular weight excluding hydrogens is 312 g/mol. The Morgan fingerprint density at radius 2 is 1.95 bits per heavy atom. The van der Waals surface area contributed by atoms with Gasteiger partial charge in [-0.2, -0.15) is 9.78 Å². The Labute approximate surface area is 131 Å². The van der Waals surface area contributed by atoms with E-state index in [1.165, 1.54) is 0 Å². The van der Waals surface area contributed by atoms with Gasteiger partial charge in [-0.15, -0.1) is 0 Å². The fourth-order valence-electron chi connectivity index (χ4n) is 2.29. The Morgan fingerprint density at radius 3 is 2.50 bits per heavy atom. The molecule has 7 heteroatoms. The number of alkyl halides is 2. The molecule has 0 aliphatic carbocycles. The van der Waals surface area contributed by atoms with Gasteiger partial charge in [0.05, 0.1) is 6.20 Å². The Hall–Kier alpha value is -1.82. The third-order valence-electron chi connectivity index (χ3n) is 3.42. The summed E-state index contributed by atoms with van der Waals surface area (Å²) >= 11 is 5.99. The monoisotopic (exact) mass is 327 g/mol. The van der Waals surface area contributed by atoms with Crippen LogP contribution in [0.4, 0.5) is 8.78 Å². The number of hydrogen-bond acceptors (Lipinski definition) is 3. The molecule has 0 saturated heterocycles. The Morgan fingerprint density at radius 1 is 1.32 bits per heavy atom. The first-order valence-corrected chi connectivity index (χ1v) is 7.18. The van der Waals surface area contributed by atoms with Crippen molar-refractivity contribution in [2.45, 2.75) is 40.0 Å². The second-order valence-electron chi connectivity index (χ2n) is 5.23. The lowest BCUT2D eigenvalue weighted by Gasteiger charge is -2.16. The van der Waals surface area contributed by atoms with E-state index in [1.807, 2.05) is 0 Å². The molecule has 0 amide bonds. The minimum atomic E-state index is -3.12. The predicted molar refractivity (Wildman–Crippen MR) is 81.1 cm³/mol. The van der Waals surface area contributed by atoms with Gasteiger partial charge in [-0.3, -0.25) is 4.79 Å². The highest BCUT2D eigenvalue weighted by Crippen LogP contribution is 2.28. The molecule has 0 aliphatic rings. The standard InChI is InChI=1S/C15H16ClF2N3O/c1-5-10-11(15(4,17)18)7-19-21(14(10)22)13-9(3)6-8(2)12(16)20-13/h6-7H,5H2,1-4H3. The van der Waals surface area contributed by atoms with Crippen LogP contribution in [0.25, 0.3) is 5.82 Å². The summed E-state index contributed by atoms with van der Waals surface area (Å²) in [5.74, 6) is -2.87. The van der Waals surface area contributed by atoms with Gasteiger partial charge in [-0.25, -0.2) is 13.8 Å². The number of aromatic nitrogens is 3. The molecule has 0 saturated carbocycles. The molecule has 0 unspecified atom stereocenters. The van der Waals surface area contributed by atoms with Crippen LogP contribution in [0.3, 0.4) is 0 Å². The summed E-state index contributed by atoms with van der Waals surface area (Å²) < 4.78 is 28.2. The van der Waals surface area contributed by atoms with Crippen molar-refractivity contribution in [3.8, 4) is 5.82 Å².